The number of amides is 2. The first-order valence-electron chi connectivity index (χ1n) is 10.8. The van der Waals surface area contributed by atoms with Gasteiger partial charge in [0.15, 0.2) is 5.65 Å². The van der Waals surface area contributed by atoms with Crippen molar-refractivity contribution in [1.29, 1.82) is 0 Å². The molecule has 3 heterocycles. The average molecular weight is 455 g/mol. The van der Waals surface area contributed by atoms with Gasteiger partial charge in [0, 0.05) is 32.1 Å². The molecule has 2 amide bonds. The van der Waals surface area contributed by atoms with Crippen LogP contribution in [0.25, 0.3) is 5.65 Å². The summed E-state index contributed by atoms with van der Waals surface area (Å²) < 4.78 is 40.0. The molecule has 9 nitrogen and oxygen atoms in total. The van der Waals surface area contributed by atoms with Crippen LogP contribution in [0.1, 0.15) is 45.4 Å². The molecule has 176 valence electrons. The third-order valence-corrected chi connectivity index (χ3v) is 5.38. The molecule has 0 unspecified atom stereocenters. The molecule has 0 saturated carbocycles. The summed E-state index contributed by atoms with van der Waals surface area (Å²) in [5.41, 5.74) is 0.0164. The van der Waals surface area contributed by atoms with Gasteiger partial charge in [0.25, 0.3) is 5.82 Å². The van der Waals surface area contributed by atoms with Gasteiger partial charge < -0.3 is 15.1 Å². The Bertz CT molecular complexity index is 939. The van der Waals surface area contributed by atoms with Crippen LogP contribution in [0, 0.1) is 5.92 Å². The van der Waals surface area contributed by atoms with Gasteiger partial charge in [-0.3, -0.25) is 9.59 Å². The fraction of sp³-hybridized carbons (Fsp3) is 0.650. The number of anilines is 1. The highest BCUT2D eigenvalue weighted by molar-refractivity contribution is 5.86. The van der Waals surface area contributed by atoms with Crippen molar-refractivity contribution in [3.8, 4) is 0 Å². The maximum absolute atomic E-state index is 13.1. The van der Waals surface area contributed by atoms with E-state index < -0.39 is 12.0 Å². The number of nitrogens with zero attached hydrogens (tertiary/aromatic N) is 6. The van der Waals surface area contributed by atoms with Gasteiger partial charge in [0.05, 0.1) is 6.54 Å². The van der Waals surface area contributed by atoms with Crippen LogP contribution in [-0.4, -0.2) is 69.2 Å². The maximum atomic E-state index is 13.1. The molecule has 0 aliphatic carbocycles. The predicted molar refractivity (Wildman–Crippen MR) is 111 cm³/mol. The quantitative estimate of drug-likeness (QED) is 0.655. The van der Waals surface area contributed by atoms with Gasteiger partial charge in [-0.2, -0.15) is 17.7 Å². The lowest BCUT2D eigenvalue weighted by Gasteiger charge is -2.34. The van der Waals surface area contributed by atoms with Crippen molar-refractivity contribution in [3.05, 3.63) is 18.0 Å². The zero-order chi connectivity index (χ0) is 23.3. The van der Waals surface area contributed by atoms with Crippen LogP contribution in [0.3, 0.4) is 0 Å². The van der Waals surface area contributed by atoms with E-state index in [4.69, 9.17) is 0 Å². The summed E-state index contributed by atoms with van der Waals surface area (Å²) in [6.07, 6.45) is -2.02. The lowest BCUT2D eigenvalue weighted by molar-refractivity contribution is -0.146. The van der Waals surface area contributed by atoms with E-state index in [-0.39, 0.29) is 29.9 Å². The van der Waals surface area contributed by atoms with Crippen LogP contribution in [-0.2, 0) is 15.8 Å². The normalized spacial score (nSPS) is 15.2. The number of piperidine rings is 1. The minimum atomic E-state index is -4.66. The number of nitrogens with one attached hydrogen (secondary N) is 1. The summed E-state index contributed by atoms with van der Waals surface area (Å²) in [4.78, 5) is 28.5. The largest absolute Gasteiger partial charge is 0.453 e. The van der Waals surface area contributed by atoms with Crippen molar-refractivity contribution < 1.29 is 22.8 Å². The standard InChI is InChI=1S/C20H28F3N7O2/c1-3-9-24-17(31)13-29(10-4-2)18(32)14-7-11-28(12-8-14)16-6-5-15-25-26-19(20(21,22)23)30(15)27-16/h5-6,14H,3-4,7-13H2,1-2H3,(H,24,31). The summed E-state index contributed by atoms with van der Waals surface area (Å²) >= 11 is 0. The SMILES string of the molecule is CCCNC(=O)CN(CCC)C(=O)C1CCN(c2ccc3nnc(C(F)(F)F)n3n2)CC1. The Kier molecular flexibility index (Phi) is 7.52. The first-order chi connectivity index (χ1) is 15.2. The third kappa shape index (κ3) is 5.46. The van der Waals surface area contributed by atoms with Crippen LogP contribution in [0.2, 0.25) is 0 Å². The highest BCUT2D eigenvalue weighted by atomic mass is 19.4. The summed E-state index contributed by atoms with van der Waals surface area (Å²) in [5, 5.41) is 13.6. The Balaban J connectivity index is 1.64. The van der Waals surface area contributed by atoms with Crippen molar-refractivity contribution in [2.45, 2.75) is 45.7 Å². The Morgan fingerprint density at radius 1 is 1.16 bits per heavy atom. The van der Waals surface area contributed by atoms with E-state index >= 15 is 0 Å². The van der Waals surface area contributed by atoms with Crippen molar-refractivity contribution in [2.75, 3.05) is 37.6 Å². The number of rotatable bonds is 8. The van der Waals surface area contributed by atoms with Crippen LogP contribution in [0.4, 0.5) is 19.0 Å². The number of alkyl halides is 3. The van der Waals surface area contributed by atoms with Gasteiger partial charge in [-0.05, 0) is 37.8 Å². The summed E-state index contributed by atoms with van der Waals surface area (Å²) in [6, 6.07) is 3.05. The van der Waals surface area contributed by atoms with Gasteiger partial charge in [-0.1, -0.05) is 13.8 Å². The molecule has 3 rings (SSSR count). The molecule has 1 N–H and O–H groups in total. The number of halogens is 3. The molecular formula is C20H28F3N7O2. The molecular weight excluding hydrogens is 427 g/mol. The van der Waals surface area contributed by atoms with Crippen molar-refractivity contribution >= 4 is 23.3 Å². The Hall–Kier alpha value is -2.92. The number of fused-ring (bicyclic) bond motifs is 1. The van der Waals surface area contributed by atoms with Gasteiger partial charge in [0.1, 0.15) is 5.82 Å². The molecule has 1 saturated heterocycles. The molecule has 2 aromatic rings. The second-order valence-electron chi connectivity index (χ2n) is 7.85. The summed E-state index contributed by atoms with van der Waals surface area (Å²) in [7, 11) is 0. The van der Waals surface area contributed by atoms with E-state index in [0.29, 0.717) is 49.4 Å². The number of hydrogen-bond acceptors (Lipinski definition) is 6. The molecule has 12 heteroatoms. The highest BCUT2D eigenvalue weighted by Crippen LogP contribution is 2.29. The molecule has 0 spiro atoms. The van der Waals surface area contributed by atoms with E-state index in [1.807, 2.05) is 18.7 Å². The van der Waals surface area contributed by atoms with E-state index in [1.165, 1.54) is 6.07 Å². The molecule has 1 aliphatic rings. The van der Waals surface area contributed by atoms with E-state index in [0.717, 1.165) is 12.8 Å². The number of hydrogen-bond donors (Lipinski definition) is 1. The van der Waals surface area contributed by atoms with Crippen molar-refractivity contribution in [2.24, 2.45) is 5.92 Å². The number of carbonyl (C=O) groups is 2. The molecule has 0 radical (unpaired) electrons. The average Bonchev–Trinajstić information content (AvgIpc) is 3.21. The number of carbonyl (C=O) groups excluding carboxylic acids is 2. The predicted octanol–water partition coefficient (Wildman–Crippen LogP) is 2.12. The zero-order valence-corrected chi connectivity index (χ0v) is 18.2. The summed E-state index contributed by atoms with van der Waals surface area (Å²) in [6.45, 7) is 5.98. The van der Waals surface area contributed by atoms with Crippen LogP contribution in [0.15, 0.2) is 12.1 Å². The Labute approximate surface area is 184 Å². The molecule has 2 aromatic heterocycles. The van der Waals surface area contributed by atoms with E-state index in [1.54, 1.807) is 11.0 Å². The van der Waals surface area contributed by atoms with Crippen LogP contribution in [0.5, 0.6) is 0 Å². The van der Waals surface area contributed by atoms with Gasteiger partial charge in [0.2, 0.25) is 11.8 Å². The first kappa shape index (κ1) is 23.7. The maximum Gasteiger partial charge on any atom is 0.453 e. The minimum absolute atomic E-state index is 0.0164. The van der Waals surface area contributed by atoms with E-state index in [9.17, 15) is 22.8 Å². The van der Waals surface area contributed by atoms with Crippen LogP contribution >= 0.6 is 0 Å². The second kappa shape index (κ2) is 10.1. The number of aromatic nitrogens is 4. The van der Waals surface area contributed by atoms with Crippen molar-refractivity contribution in [3.63, 3.8) is 0 Å². The van der Waals surface area contributed by atoms with Crippen molar-refractivity contribution in [1.82, 2.24) is 30.0 Å². The van der Waals surface area contributed by atoms with Gasteiger partial charge in [-0.25, -0.2) is 0 Å². The van der Waals surface area contributed by atoms with Crippen LogP contribution < -0.4 is 10.2 Å². The monoisotopic (exact) mass is 455 g/mol. The minimum Gasteiger partial charge on any atom is -0.355 e. The Morgan fingerprint density at radius 2 is 1.88 bits per heavy atom. The molecule has 1 aliphatic heterocycles. The lowest BCUT2D eigenvalue weighted by Crippen LogP contribution is -2.46. The Morgan fingerprint density at radius 3 is 2.50 bits per heavy atom. The first-order valence-corrected chi connectivity index (χ1v) is 10.8. The zero-order valence-electron chi connectivity index (χ0n) is 18.2. The second-order valence-corrected chi connectivity index (χ2v) is 7.85. The molecule has 0 bridgehead atoms. The molecule has 1 fully saturated rings. The smallest absolute Gasteiger partial charge is 0.355 e. The van der Waals surface area contributed by atoms with Gasteiger partial charge in [-0.15, -0.1) is 15.3 Å². The fourth-order valence-electron chi connectivity index (χ4n) is 3.77. The molecule has 0 atom stereocenters. The fourth-order valence-corrected chi connectivity index (χ4v) is 3.77. The summed E-state index contributed by atoms with van der Waals surface area (Å²) in [5.74, 6) is -1.26. The lowest BCUT2D eigenvalue weighted by atomic mass is 9.95. The van der Waals surface area contributed by atoms with E-state index in [2.05, 4.69) is 20.6 Å². The van der Waals surface area contributed by atoms with Gasteiger partial charge >= 0.3 is 6.18 Å². The highest BCUT2D eigenvalue weighted by Gasteiger charge is 2.38. The molecule has 32 heavy (non-hydrogen) atoms. The molecule has 0 aromatic carbocycles. The third-order valence-electron chi connectivity index (χ3n) is 5.38. The topological polar surface area (TPSA) is 95.7 Å².